The summed E-state index contributed by atoms with van der Waals surface area (Å²) in [6.45, 7) is 8.09. The number of aryl methyl sites for hydroxylation is 1. The zero-order valence-electron chi connectivity index (χ0n) is 16.4. The molecule has 0 spiro atoms. The minimum absolute atomic E-state index is 0.0555. The first-order valence-corrected chi connectivity index (χ1v) is 9.15. The van der Waals surface area contributed by atoms with Crippen molar-refractivity contribution in [3.05, 3.63) is 45.3 Å². The van der Waals surface area contributed by atoms with Gasteiger partial charge in [-0.1, -0.05) is 19.9 Å². The molecular weight excluding hydrogens is 364 g/mol. The first-order chi connectivity index (χ1) is 13.3. The van der Waals surface area contributed by atoms with Gasteiger partial charge in [0.2, 0.25) is 5.91 Å². The van der Waals surface area contributed by atoms with Crippen molar-refractivity contribution in [1.82, 2.24) is 15.1 Å². The van der Waals surface area contributed by atoms with Gasteiger partial charge in [0.05, 0.1) is 11.0 Å². The number of ether oxygens (including phenoxy) is 2. The fraction of sp³-hybridized carbons (Fsp3) is 0.474. The van der Waals surface area contributed by atoms with Crippen molar-refractivity contribution in [1.29, 1.82) is 0 Å². The Morgan fingerprint density at radius 1 is 1.29 bits per heavy atom. The predicted octanol–water partition coefficient (Wildman–Crippen LogP) is 2.69. The summed E-state index contributed by atoms with van der Waals surface area (Å²) in [6, 6.07) is 5.39. The van der Waals surface area contributed by atoms with Gasteiger partial charge >= 0.3 is 5.69 Å². The predicted molar refractivity (Wildman–Crippen MR) is 102 cm³/mol. The van der Waals surface area contributed by atoms with E-state index in [0.29, 0.717) is 36.1 Å². The lowest BCUT2D eigenvalue weighted by atomic mass is 9.95. The van der Waals surface area contributed by atoms with Crippen LogP contribution in [-0.4, -0.2) is 33.8 Å². The number of hydrogen-bond donors (Lipinski definition) is 1. The molecule has 9 heteroatoms. The molecule has 9 nitrogen and oxygen atoms in total. The number of amides is 1. The summed E-state index contributed by atoms with van der Waals surface area (Å²) in [4.78, 5) is 23.3. The maximum absolute atomic E-state index is 12.6. The van der Waals surface area contributed by atoms with Gasteiger partial charge in [0.1, 0.15) is 31.1 Å². The van der Waals surface area contributed by atoms with Gasteiger partial charge in [0.25, 0.3) is 0 Å². The van der Waals surface area contributed by atoms with Crippen molar-refractivity contribution in [3.8, 4) is 11.5 Å². The molecule has 3 rings (SSSR count). The van der Waals surface area contributed by atoms with Gasteiger partial charge in [-0.25, -0.2) is 0 Å². The first kappa shape index (κ1) is 19.7. The van der Waals surface area contributed by atoms with Gasteiger partial charge in [0.15, 0.2) is 11.5 Å². The van der Waals surface area contributed by atoms with E-state index in [0.717, 1.165) is 5.56 Å². The molecule has 1 aromatic carbocycles. The molecule has 2 heterocycles. The molecule has 150 valence electrons. The number of hydrogen-bond acceptors (Lipinski definition) is 6. The number of nitrogens with one attached hydrogen (secondary N) is 1. The van der Waals surface area contributed by atoms with Crippen LogP contribution in [0.25, 0.3) is 0 Å². The van der Waals surface area contributed by atoms with Crippen LogP contribution in [0.4, 0.5) is 5.69 Å². The lowest BCUT2D eigenvalue weighted by Crippen LogP contribution is -2.34. The quantitative estimate of drug-likeness (QED) is 0.602. The van der Waals surface area contributed by atoms with E-state index < -0.39 is 4.92 Å². The normalized spacial score (nSPS) is 14.0. The summed E-state index contributed by atoms with van der Waals surface area (Å²) in [5.74, 6) is 1.21. The number of nitro groups is 1. The van der Waals surface area contributed by atoms with Crippen molar-refractivity contribution >= 4 is 11.6 Å². The summed E-state index contributed by atoms with van der Waals surface area (Å²) in [6.07, 6.45) is 0. The van der Waals surface area contributed by atoms with Crippen LogP contribution in [0.15, 0.2) is 18.2 Å². The minimum atomic E-state index is -0.474. The standard InChI is InChI=1S/C19H24N4O5/c1-11(2)18(14-5-6-15-16(9-14)28-8-7-27-15)20-17(24)10-22-13(4)19(23(25)26)12(3)21-22/h5-6,9,11,18H,7-8,10H2,1-4H3,(H,20,24). The third-order valence-corrected chi connectivity index (χ3v) is 4.73. The second-order valence-electron chi connectivity index (χ2n) is 7.13. The molecule has 1 amide bonds. The van der Waals surface area contributed by atoms with Crippen LogP contribution in [0.3, 0.4) is 0 Å². The van der Waals surface area contributed by atoms with Gasteiger partial charge in [-0.3, -0.25) is 19.6 Å². The molecule has 1 N–H and O–H groups in total. The third kappa shape index (κ3) is 3.92. The van der Waals surface area contributed by atoms with Gasteiger partial charge in [-0.05, 0) is 37.5 Å². The molecule has 28 heavy (non-hydrogen) atoms. The molecule has 0 fully saturated rings. The summed E-state index contributed by atoms with van der Waals surface area (Å²) < 4.78 is 12.5. The monoisotopic (exact) mass is 388 g/mol. The van der Waals surface area contributed by atoms with Crippen molar-refractivity contribution < 1.29 is 19.2 Å². The van der Waals surface area contributed by atoms with Crippen molar-refractivity contribution in [2.75, 3.05) is 13.2 Å². The van der Waals surface area contributed by atoms with Crippen LogP contribution in [0.1, 0.15) is 36.8 Å². The summed E-state index contributed by atoms with van der Waals surface area (Å²) >= 11 is 0. The Bertz CT molecular complexity index is 906. The van der Waals surface area contributed by atoms with E-state index in [1.54, 1.807) is 13.8 Å². The molecule has 0 radical (unpaired) electrons. The lowest BCUT2D eigenvalue weighted by Gasteiger charge is -2.25. The fourth-order valence-corrected chi connectivity index (χ4v) is 3.35. The first-order valence-electron chi connectivity index (χ1n) is 9.15. The molecule has 1 unspecified atom stereocenters. The second kappa shape index (κ2) is 7.87. The highest BCUT2D eigenvalue weighted by Crippen LogP contribution is 2.34. The van der Waals surface area contributed by atoms with Gasteiger partial charge in [-0.15, -0.1) is 0 Å². The zero-order chi connectivity index (χ0) is 20.4. The van der Waals surface area contributed by atoms with Crippen LogP contribution in [0.2, 0.25) is 0 Å². The molecule has 0 aliphatic carbocycles. The third-order valence-electron chi connectivity index (χ3n) is 4.73. The second-order valence-corrected chi connectivity index (χ2v) is 7.13. The van der Waals surface area contributed by atoms with Crippen LogP contribution >= 0.6 is 0 Å². The maximum Gasteiger partial charge on any atom is 0.312 e. The Hall–Kier alpha value is -3.10. The Kier molecular flexibility index (Phi) is 5.53. The largest absolute Gasteiger partial charge is 0.486 e. The van der Waals surface area contributed by atoms with E-state index in [9.17, 15) is 14.9 Å². The summed E-state index contributed by atoms with van der Waals surface area (Å²) in [5, 5.41) is 18.3. The van der Waals surface area contributed by atoms with Gasteiger partial charge < -0.3 is 14.8 Å². The van der Waals surface area contributed by atoms with Crippen LogP contribution in [-0.2, 0) is 11.3 Å². The van der Waals surface area contributed by atoms with Crippen molar-refractivity contribution in [2.24, 2.45) is 5.92 Å². The van der Waals surface area contributed by atoms with E-state index in [1.807, 2.05) is 32.0 Å². The van der Waals surface area contributed by atoms with Gasteiger partial charge in [-0.2, -0.15) is 5.10 Å². The summed E-state index contributed by atoms with van der Waals surface area (Å²) in [7, 11) is 0. The molecule has 2 aromatic rings. The molecule has 0 saturated carbocycles. The number of carbonyl (C=O) groups excluding carboxylic acids is 1. The van der Waals surface area contributed by atoms with Crippen LogP contribution in [0.5, 0.6) is 11.5 Å². The molecule has 1 aliphatic heterocycles. The number of rotatable bonds is 6. The highest BCUT2D eigenvalue weighted by molar-refractivity contribution is 5.76. The number of carbonyl (C=O) groups is 1. The number of fused-ring (bicyclic) bond motifs is 1. The average Bonchev–Trinajstić information content (AvgIpc) is 2.92. The molecule has 1 atom stereocenters. The Morgan fingerprint density at radius 2 is 1.96 bits per heavy atom. The molecule has 0 saturated heterocycles. The smallest absolute Gasteiger partial charge is 0.312 e. The lowest BCUT2D eigenvalue weighted by molar-refractivity contribution is -0.386. The van der Waals surface area contributed by atoms with E-state index >= 15 is 0 Å². The topological polar surface area (TPSA) is 109 Å². The highest BCUT2D eigenvalue weighted by Gasteiger charge is 2.25. The molecule has 1 aliphatic rings. The Labute approximate surface area is 162 Å². The fourth-order valence-electron chi connectivity index (χ4n) is 3.35. The van der Waals surface area contributed by atoms with E-state index in [-0.39, 0.29) is 30.1 Å². The summed E-state index contributed by atoms with van der Waals surface area (Å²) in [5.41, 5.74) is 1.51. The van der Waals surface area contributed by atoms with E-state index in [1.165, 1.54) is 4.68 Å². The minimum Gasteiger partial charge on any atom is -0.486 e. The van der Waals surface area contributed by atoms with Crippen LogP contribution in [0, 0.1) is 29.9 Å². The molecule has 0 bridgehead atoms. The number of nitrogens with zero attached hydrogens (tertiary/aromatic N) is 3. The number of benzene rings is 1. The van der Waals surface area contributed by atoms with E-state index in [2.05, 4.69) is 10.4 Å². The Morgan fingerprint density at radius 3 is 2.57 bits per heavy atom. The van der Waals surface area contributed by atoms with E-state index in [4.69, 9.17) is 9.47 Å². The SMILES string of the molecule is Cc1nn(CC(=O)NC(c2ccc3c(c2)OCCO3)C(C)C)c(C)c1[N+](=O)[O-]. The van der Waals surface area contributed by atoms with Crippen molar-refractivity contribution in [3.63, 3.8) is 0 Å². The average molecular weight is 388 g/mol. The Balaban J connectivity index is 1.77. The van der Waals surface area contributed by atoms with Crippen molar-refractivity contribution in [2.45, 2.75) is 40.3 Å². The maximum atomic E-state index is 12.6. The molecule has 1 aromatic heterocycles. The molecular formula is C19H24N4O5. The van der Waals surface area contributed by atoms with Crippen LogP contribution < -0.4 is 14.8 Å². The van der Waals surface area contributed by atoms with Gasteiger partial charge in [0, 0.05) is 0 Å². The number of aromatic nitrogens is 2. The zero-order valence-corrected chi connectivity index (χ0v) is 16.4. The highest BCUT2D eigenvalue weighted by atomic mass is 16.6.